The molecule has 3 aromatic heterocycles. The summed E-state index contributed by atoms with van der Waals surface area (Å²) in [6, 6.07) is 8.04. The third-order valence-corrected chi connectivity index (χ3v) is 4.78. The van der Waals surface area contributed by atoms with Crippen LogP contribution in [0.3, 0.4) is 0 Å². The van der Waals surface area contributed by atoms with Crippen molar-refractivity contribution in [1.82, 2.24) is 24.4 Å². The van der Waals surface area contributed by atoms with Gasteiger partial charge in [0.25, 0.3) is 17.4 Å². The number of nitrogens with zero attached hydrogens (tertiary/aromatic N) is 5. The normalized spacial score (nSPS) is 11.0. The molecule has 27 heavy (non-hydrogen) atoms. The van der Waals surface area contributed by atoms with Crippen molar-refractivity contribution in [2.24, 2.45) is 0 Å². The van der Waals surface area contributed by atoms with Crippen molar-refractivity contribution in [3.8, 4) is 11.4 Å². The van der Waals surface area contributed by atoms with Crippen LogP contribution in [0.4, 0.5) is 5.95 Å². The minimum absolute atomic E-state index is 0.0875. The molecule has 0 bridgehead atoms. The Morgan fingerprint density at radius 3 is 2.78 bits per heavy atom. The molecule has 136 valence electrons. The minimum Gasteiger partial charge on any atom is -0.505 e. The molecule has 0 aliphatic carbocycles. The number of hydrogen-bond acceptors (Lipinski definition) is 7. The third kappa shape index (κ3) is 3.06. The van der Waals surface area contributed by atoms with Gasteiger partial charge in [-0.05, 0) is 31.5 Å². The zero-order valence-corrected chi connectivity index (χ0v) is 15.2. The van der Waals surface area contributed by atoms with E-state index in [0.29, 0.717) is 10.6 Å². The van der Waals surface area contributed by atoms with Crippen molar-refractivity contribution < 1.29 is 9.90 Å². The molecular formula is C17H14N6O3S. The number of aromatic nitrogens is 5. The van der Waals surface area contributed by atoms with Gasteiger partial charge in [-0.15, -0.1) is 16.4 Å². The molecule has 4 rings (SSSR count). The summed E-state index contributed by atoms with van der Waals surface area (Å²) in [6.45, 7) is 3.75. The van der Waals surface area contributed by atoms with Crippen LogP contribution in [0.5, 0.6) is 5.75 Å². The largest absolute Gasteiger partial charge is 0.505 e. The third-order valence-electron chi connectivity index (χ3n) is 3.84. The van der Waals surface area contributed by atoms with Crippen molar-refractivity contribution in [2.45, 2.75) is 13.8 Å². The summed E-state index contributed by atoms with van der Waals surface area (Å²) >= 11 is 1.39. The maximum absolute atomic E-state index is 12.5. The molecule has 0 unspecified atom stereocenters. The van der Waals surface area contributed by atoms with Crippen LogP contribution in [-0.4, -0.2) is 35.4 Å². The number of fused-ring (bicyclic) bond motifs is 1. The van der Waals surface area contributed by atoms with Gasteiger partial charge in [-0.25, -0.2) is 4.52 Å². The van der Waals surface area contributed by atoms with Gasteiger partial charge in [0, 0.05) is 11.4 Å². The summed E-state index contributed by atoms with van der Waals surface area (Å²) in [5.74, 6) is -1.15. The highest BCUT2D eigenvalue weighted by atomic mass is 32.1. The number of benzene rings is 1. The minimum atomic E-state index is -0.718. The number of carbonyl (C=O) groups is 1. The van der Waals surface area contributed by atoms with E-state index in [9.17, 15) is 14.7 Å². The number of nitrogens with one attached hydrogen (secondary N) is 1. The quantitative estimate of drug-likeness (QED) is 0.559. The zero-order chi connectivity index (χ0) is 19.1. The molecule has 0 fully saturated rings. The van der Waals surface area contributed by atoms with Crippen LogP contribution in [0.25, 0.3) is 10.6 Å². The highest BCUT2D eigenvalue weighted by molar-refractivity contribution is 7.15. The smallest absolute Gasteiger partial charge is 0.282 e. The Morgan fingerprint density at radius 2 is 2.04 bits per heavy atom. The Bertz CT molecular complexity index is 1240. The van der Waals surface area contributed by atoms with E-state index >= 15 is 0 Å². The van der Waals surface area contributed by atoms with E-state index in [0.717, 1.165) is 22.0 Å². The molecule has 0 spiro atoms. The second-order valence-electron chi connectivity index (χ2n) is 5.93. The van der Waals surface area contributed by atoms with Crippen LogP contribution in [0.1, 0.15) is 21.7 Å². The number of rotatable bonds is 3. The topological polar surface area (TPSA) is 114 Å². The summed E-state index contributed by atoms with van der Waals surface area (Å²) in [5, 5.41) is 22.6. The highest BCUT2D eigenvalue weighted by Crippen LogP contribution is 2.18. The van der Waals surface area contributed by atoms with E-state index in [4.69, 9.17) is 0 Å². The molecule has 0 atom stereocenters. The Morgan fingerprint density at radius 1 is 1.22 bits per heavy atom. The summed E-state index contributed by atoms with van der Waals surface area (Å²) in [5.41, 5.74) is 1.46. The number of anilines is 1. The first-order valence-electron chi connectivity index (χ1n) is 7.95. The Labute approximate surface area is 156 Å². The van der Waals surface area contributed by atoms with Crippen LogP contribution < -0.4 is 10.9 Å². The lowest BCUT2D eigenvalue weighted by Gasteiger charge is -2.08. The molecular weight excluding hydrogens is 368 g/mol. The van der Waals surface area contributed by atoms with Crippen LogP contribution in [-0.2, 0) is 0 Å². The van der Waals surface area contributed by atoms with Gasteiger partial charge in [0.05, 0.1) is 11.4 Å². The molecule has 10 heteroatoms. The average Bonchev–Trinajstić information content (AvgIpc) is 3.16. The van der Waals surface area contributed by atoms with Gasteiger partial charge in [0.15, 0.2) is 11.4 Å². The van der Waals surface area contributed by atoms with Gasteiger partial charge < -0.3 is 5.11 Å². The van der Waals surface area contributed by atoms with Gasteiger partial charge in [0.2, 0.25) is 4.96 Å². The molecule has 0 aliphatic heterocycles. The number of thiazole rings is 1. The molecule has 9 nitrogen and oxygen atoms in total. The second kappa shape index (κ2) is 6.32. The lowest BCUT2D eigenvalue weighted by molar-refractivity contribution is 0.101. The number of carbonyl (C=O) groups excluding carboxylic acids is 1. The van der Waals surface area contributed by atoms with Crippen molar-refractivity contribution in [3.05, 3.63) is 63.0 Å². The van der Waals surface area contributed by atoms with Crippen LogP contribution in [0, 0.1) is 13.8 Å². The van der Waals surface area contributed by atoms with E-state index in [-0.39, 0.29) is 11.6 Å². The van der Waals surface area contributed by atoms with Crippen LogP contribution in [0.15, 0.2) is 40.5 Å². The molecule has 1 aromatic carbocycles. The van der Waals surface area contributed by atoms with Crippen molar-refractivity contribution >= 4 is 28.2 Å². The maximum Gasteiger partial charge on any atom is 0.282 e. The highest BCUT2D eigenvalue weighted by Gasteiger charge is 2.19. The molecule has 0 saturated carbocycles. The predicted octanol–water partition coefficient (Wildman–Crippen LogP) is 1.91. The first kappa shape index (κ1) is 16.9. The fourth-order valence-electron chi connectivity index (χ4n) is 2.56. The van der Waals surface area contributed by atoms with Crippen LogP contribution in [0.2, 0.25) is 0 Å². The summed E-state index contributed by atoms with van der Waals surface area (Å²) in [7, 11) is 0. The van der Waals surface area contributed by atoms with Gasteiger partial charge >= 0.3 is 0 Å². The zero-order valence-electron chi connectivity index (χ0n) is 14.4. The number of hydrogen-bond donors (Lipinski definition) is 2. The maximum atomic E-state index is 12.5. The standard InChI is InChI=1S/C17H14N6O3S/c1-9-4-3-5-11(6-9)23-13(25)7-12(24)14(20-23)15(26)18-16-19-17-22(21-16)10(2)8-27-17/h3-8,24H,1-2H3,(H,18,21,26). The predicted molar refractivity (Wildman–Crippen MR) is 99.8 cm³/mol. The fourth-order valence-corrected chi connectivity index (χ4v) is 3.36. The molecule has 4 aromatic rings. The van der Waals surface area contributed by atoms with E-state index < -0.39 is 17.2 Å². The van der Waals surface area contributed by atoms with Gasteiger partial charge in [-0.1, -0.05) is 12.1 Å². The summed E-state index contributed by atoms with van der Waals surface area (Å²) < 4.78 is 2.66. The second-order valence-corrected chi connectivity index (χ2v) is 6.76. The van der Waals surface area contributed by atoms with Crippen molar-refractivity contribution in [2.75, 3.05) is 5.32 Å². The summed E-state index contributed by atoms with van der Waals surface area (Å²) in [6.07, 6.45) is 0. The van der Waals surface area contributed by atoms with E-state index in [2.05, 4.69) is 20.5 Å². The molecule has 3 heterocycles. The Kier molecular flexibility index (Phi) is 3.96. The molecule has 2 N–H and O–H groups in total. The fraction of sp³-hybridized carbons (Fsp3) is 0.118. The molecule has 0 aliphatic rings. The SMILES string of the molecule is Cc1cccc(-n2nc(C(=O)Nc3nc4scc(C)n4n3)c(O)cc2=O)c1. The van der Waals surface area contributed by atoms with Crippen molar-refractivity contribution in [3.63, 3.8) is 0 Å². The number of aryl methyl sites for hydroxylation is 2. The van der Waals surface area contributed by atoms with Crippen LogP contribution >= 0.6 is 11.3 Å². The Balaban J connectivity index is 1.70. The van der Waals surface area contributed by atoms with E-state index in [1.165, 1.54) is 11.3 Å². The number of aromatic hydroxyl groups is 1. The van der Waals surface area contributed by atoms with Crippen molar-refractivity contribution in [1.29, 1.82) is 0 Å². The van der Waals surface area contributed by atoms with Gasteiger partial charge in [0.1, 0.15) is 0 Å². The average molecular weight is 382 g/mol. The molecule has 1 amide bonds. The molecule has 0 saturated heterocycles. The number of amides is 1. The van der Waals surface area contributed by atoms with E-state index in [1.807, 2.05) is 25.3 Å². The van der Waals surface area contributed by atoms with Gasteiger partial charge in [-0.3, -0.25) is 14.9 Å². The molecule has 0 radical (unpaired) electrons. The first-order chi connectivity index (χ1) is 12.9. The first-order valence-corrected chi connectivity index (χ1v) is 8.83. The Hall–Kier alpha value is -3.53. The van der Waals surface area contributed by atoms with E-state index in [1.54, 1.807) is 22.7 Å². The summed E-state index contributed by atoms with van der Waals surface area (Å²) in [4.78, 5) is 29.6. The lowest BCUT2D eigenvalue weighted by atomic mass is 10.2. The monoisotopic (exact) mass is 382 g/mol. The lowest BCUT2D eigenvalue weighted by Crippen LogP contribution is -2.25. The van der Waals surface area contributed by atoms with Gasteiger partial charge in [-0.2, -0.15) is 14.8 Å².